The maximum atomic E-state index is 9.82. The molecule has 1 aromatic heterocycles. The van der Waals surface area contributed by atoms with Crippen molar-refractivity contribution >= 4 is 35.0 Å². The zero-order valence-electron chi connectivity index (χ0n) is 11.3. The van der Waals surface area contributed by atoms with E-state index in [0.29, 0.717) is 32.3 Å². The van der Waals surface area contributed by atoms with Crippen LogP contribution in [-0.4, -0.2) is 20.3 Å². The highest BCUT2D eigenvalue weighted by molar-refractivity contribution is 7.98. The molecule has 4 nitrogen and oxygen atoms in total. The Kier molecular flexibility index (Phi) is 4.57. The summed E-state index contributed by atoms with van der Waals surface area (Å²) >= 11 is 13.4. The van der Waals surface area contributed by atoms with Crippen molar-refractivity contribution in [2.24, 2.45) is 0 Å². The van der Waals surface area contributed by atoms with E-state index in [0.717, 1.165) is 5.56 Å². The van der Waals surface area contributed by atoms with Crippen molar-refractivity contribution in [2.45, 2.75) is 10.9 Å². The molecule has 0 spiro atoms. The molecule has 0 aliphatic rings. The lowest BCUT2D eigenvalue weighted by molar-refractivity contribution is 0.477. The van der Waals surface area contributed by atoms with E-state index in [1.165, 1.54) is 11.8 Å². The van der Waals surface area contributed by atoms with Crippen LogP contribution >= 0.6 is 35.0 Å². The second-order valence-corrected chi connectivity index (χ2v) is 6.28. The third-order valence-corrected chi connectivity index (χ3v) is 4.63. The number of rotatable bonds is 4. The standard InChI is InChI=1S/C15H11Cl2N3OS/c16-11-6-5-9(7-12(11)17)8-22-15-18-14(19-20-15)10-3-1-2-4-13(10)21/h1-7,21H,8H2,(H,18,19,20). The number of para-hydroxylation sites is 1. The predicted octanol–water partition coefficient (Wildman–Crippen LogP) is 4.78. The van der Waals surface area contributed by atoms with Crippen molar-refractivity contribution in [3.05, 3.63) is 58.1 Å². The fourth-order valence-electron chi connectivity index (χ4n) is 1.88. The minimum atomic E-state index is 0.166. The number of H-pyrrole nitrogens is 1. The minimum Gasteiger partial charge on any atom is -0.507 e. The average molecular weight is 352 g/mol. The smallest absolute Gasteiger partial charge is 0.209 e. The van der Waals surface area contributed by atoms with E-state index >= 15 is 0 Å². The van der Waals surface area contributed by atoms with Gasteiger partial charge in [0.25, 0.3) is 0 Å². The number of thioether (sulfide) groups is 1. The van der Waals surface area contributed by atoms with Gasteiger partial charge >= 0.3 is 0 Å². The van der Waals surface area contributed by atoms with Gasteiger partial charge in [0.15, 0.2) is 5.82 Å². The Morgan fingerprint density at radius 1 is 1.09 bits per heavy atom. The van der Waals surface area contributed by atoms with Gasteiger partial charge in [0.1, 0.15) is 5.75 Å². The summed E-state index contributed by atoms with van der Waals surface area (Å²) in [5.41, 5.74) is 1.66. The molecule has 112 valence electrons. The highest BCUT2D eigenvalue weighted by Crippen LogP contribution is 2.29. The number of halogens is 2. The van der Waals surface area contributed by atoms with Gasteiger partial charge in [0, 0.05) is 5.75 Å². The van der Waals surface area contributed by atoms with E-state index in [2.05, 4.69) is 15.2 Å². The molecular weight excluding hydrogens is 341 g/mol. The predicted molar refractivity (Wildman–Crippen MR) is 89.5 cm³/mol. The number of phenols is 1. The van der Waals surface area contributed by atoms with Gasteiger partial charge in [-0.1, -0.05) is 53.2 Å². The van der Waals surface area contributed by atoms with Gasteiger partial charge < -0.3 is 5.11 Å². The number of phenolic OH excluding ortho intramolecular Hbond substituents is 1. The second kappa shape index (κ2) is 6.60. The first kappa shape index (κ1) is 15.2. The van der Waals surface area contributed by atoms with Crippen LogP contribution in [-0.2, 0) is 5.75 Å². The average Bonchev–Trinajstić information content (AvgIpc) is 2.98. The van der Waals surface area contributed by atoms with Gasteiger partial charge in [0.2, 0.25) is 5.16 Å². The monoisotopic (exact) mass is 351 g/mol. The third kappa shape index (κ3) is 3.38. The Labute approximate surface area is 141 Å². The molecule has 7 heteroatoms. The van der Waals surface area contributed by atoms with Crippen LogP contribution in [0.15, 0.2) is 47.6 Å². The van der Waals surface area contributed by atoms with E-state index < -0.39 is 0 Å². The van der Waals surface area contributed by atoms with Crippen LogP contribution in [0.5, 0.6) is 5.75 Å². The molecule has 0 bridgehead atoms. The molecule has 0 saturated carbocycles. The Hall–Kier alpha value is -1.69. The summed E-state index contributed by atoms with van der Waals surface area (Å²) in [5, 5.41) is 18.5. The molecule has 3 rings (SSSR count). The SMILES string of the molecule is Oc1ccccc1-c1nc(SCc2ccc(Cl)c(Cl)c2)n[nH]1. The van der Waals surface area contributed by atoms with Crippen molar-refractivity contribution in [1.82, 2.24) is 15.2 Å². The molecule has 0 atom stereocenters. The molecule has 2 aromatic carbocycles. The molecule has 0 radical (unpaired) electrons. The number of aromatic amines is 1. The summed E-state index contributed by atoms with van der Waals surface area (Å²) in [6.07, 6.45) is 0. The molecule has 0 fully saturated rings. The van der Waals surface area contributed by atoms with Crippen molar-refractivity contribution < 1.29 is 5.11 Å². The van der Waals surface area contributed by atoms with Crippen LogP contribution in [0, 0.1) is 0 Å². The summed E-state index contributed by atoms with van der Waals surface area (Å²) in [6, 6.07) is 12.5. The Bertz CT molecular complexity index is 807. The first-order valence-electron chi connectivity index (χ1n) is 6.41. The number of benzene rings is 2. The quantitative estimate of drug-likeness (QED) is 0.664. The molecule has 0 saturated heterocycles. The van der Waals surface area contributed by atoms with Crippen LogP contribution in [0.3, 0.4) is 0 Å². The lowest BCUT2D eigenvalue weighted by atomic mass is 10.2. The van der Waals surface area contributed by atoms with Crippen molar-refractivity contribution in [3.63, 3.8) is 0 Å². The summed E-state index contributed by atoms with van der Waals surface area (Å²) in [6.45, 7) is 0. The topological polar surface area (TPSA) is 61.8 Å². The first-order chi connectivity index (χ1) is 10.6. The minimum absolute atomic E-state index is 0.166. The van der Waals surface area contributed by atoms with Gasteiger partial charge in [-0.3, -0.25) is 5.10 Å². The second-order valence-electron chi connectivity index (χ2n) is 4.52. The number of aromatic nitrogens is 3. The van der Waals surface area contributed by atoms with Gasteiger partial charge in [-0.2, -0.15) is 0 Å². The molecule has 0 aliphatic heterocycles. The maximum Gasteiger partial charge on any atom is 0.209 e. The molecule has 22 heavy (non-hydrogen) atoms. The van der Waals surface area contributed by atoms with E-state index in [-0.39, 0.29) is 5.75 Å². The van der Waals surface area contributed by atoms with Gasteiger partial charge in [0.05, 0.1) is 15.6 Å². The number of hydrogen-bond acceptors (Lipinski definition) is 4. The first-order valence-corrected chi connectivity index (χ1v) is 8.15. The highest BCUT2D eigenvalue weighted by Gasteiger charge is 2.10. The van der Waals surface area contributed by atoms with Gasteiger partial charge in [-0.15, -0.1) is 5.10 Å². The summed E-state index contributed by atoms with van der Waals surface area (Å²) < 4.78 is 0. The molecular formula is C15H11Cl2N3OS. The van der Waals surface area contributed by atoms with E-state index in [1.54, 1.807) is 24.3 Å². The van der Waals surface area contributed by atoms with Crippen molar-refractivity contribution in [1.29, 1.82) is 0 Å². The van der Waals surface area contributed by atoms with Crippen LogP contribution in [0.25, 0.3) is 11.4 Å². The van der Waals surface area contributed by atoms with E-state index in [9.17, 15) is 5.11 Å². The van der Waals surface area contributed by atoms with Crippen LogP contribution < -0.4 is 0 Å². The molecule has 1 heterocycles. The zero-order valence-corrected chi connectivity index (χ0v) is 13.6. The van der Waals surface area contributed by atoms with Crippen molar-refractivity contribution in [3.8, 4) is 17.1 Å². The van der Waals surface area contributed by atoms with E-state index in [1.807, 2.05) is 18.2 Å². The zero-order chi connectivity index (χ0) is 15.5. The fourth-order valence-corrected chi connectivity index (χ4v) is 2.94. The maximum absolute atomic E-state index is 9.82. The Morgan fingerprint density at radius 3 is 2.68 bits per heavy atom. The number of aromatic hydroxyl groups is 1. The number of nitrogens with one attached hydrogen (secondary N) is 1. The molecule has 0 unspecified atom stereocenters. The number of hydrogen-bond donors (Lipinski definition) is 2. The molecule has 2 N–H and O–H groups in total. The number of nitrogens with zero attached hydrogens (tertiary/aromatic N) is 2. The fraction of sp³-hybridized carbons (Fsp3) is 0.0667. The Morgan fingerprint density at radius 2 is 1.91 bits per heavy atom. The molecule has 0 aliphatic carbocycles. The summed E-state index contributed by atoms with van der Waals surface area (Å²) in [7, 11) is 0. The lowest BCUT2D eigenvalue weighted by Gasteiger charge is -2.01. The lowest BCUT2D eigenvalue weighted by Crippen LogP contribution is -1.83. The van der Waals surface area contributed by atoms with Crippen LogP contribution in [0.1, 0.15) is 5.56 Å². The van der Waals surface area contributed by atoms with Crippen LogP contribution in [0.4, 0.5) is 0 Å². The van der Waals surface area contributed by atoms with Gasteiger partial charge in [-0.25, -0.2) is 4.98 Å². The highest BCUT2D eigenvalue weighted by atomic mass is 35.5. The summed E-state index contributed by atoms with van der Waals surface area (Å²) in [4.78, 5) is 4.37. The molecule has 3 aromatic rings. The normalized spacial score (nSPS) is 10.8. The third-order valence-electron chi connectivity index (χ3n) is 2.98. The van der Waals surface area contributed by atoms with E-state index in [4.69, 9.17) is 23.2 Å². The van der Waals surface area contributed by atoms with Crippen molar-refractivity contribution in [2.75, 3.05) is 0 Å². The Balaban J connectivity index is 1.72. The largest absolute Gasteiger partial charge is 0.507 e. The molecule has 0 amide bonds. The van der Waals surface area contributed by atoms with Crippen LogP contribution in [0.2, 0.25) is 10.0 Å². The summed E-state index contributed by atoms with van der Waals surface area (Å²) in [5.74, 6) is 1.38. The van der Waals surface area contributed by atoms with Gasteiger partial charge in [-0.05, 0) is 29.8 Å².